The van der Waals surface area contributed by atoms with Crippen LogP contribution in [-0.2, 0) is 4.79 Å². The third kappa shape index (κ3) is 6.13. The Morgan fingerprint density at radius 1 is 1.07 bits per heavy atom. The second-order valence-corrected chi connectivity index (χ2v) is 8.22. The summed E-state index contributed by atoms with van der Waals surface area (Å²) >= 11 is 5.20. The zero-order chi connectivity index (χ0) is 19.1. The molecule has 1 fully saturated rings. The number of rotatable bonds is 6. The lowest BCUT2D eigenvalue weighted by atomic mass is 10.2. The minimum absolute atomic E-state index is 0.0668. The normalized spacial score (nSPS) is 15.3. The lowest BCUT2D eigenvalue weighted by Gasteiger charge is -2.33. The summed E-state index contributed by atoms with van der Waals surface area (Å²) in [6.07, 6.45) is 3.52. The molecule has 4 nitrogen and oxygen atoms in total. The molecule has 0 radical (unpaired) electrons. The van der Waals surface area contributed by atoms with Crippen molar-refractivity contribution in [2.24, 2.45) is 0 Å². The van der Waals surface area contributed by atoms with Crippen LogP contribution in [0.15, 0.2) is 64.0 Å². The van der Waals surface area contributed by atoms with Crippen LogP contribution in [0.25, 0.3) is 6.08 Å². The highest BCUT2D eigenvalue weighted by atomic mass is 79.9. The Labute approximate surface area is 173 Å². The summed E-state index contributed by atoms with van der Waals surface area (Å²) in [4.78, 5) is 15.5. The Balaban J connectivity index is 1.47. The molecular formula is C21H23BrN2O2S. The third-order valence-corrected chi connectivity index (χ3v) is 5.84. The molecule has 1 heterocycles. The predicted molar refractivity (Wildman–Crippen MR) is 115 cm³/mol. The molecule has 0 atom stereocenters. The fourth-order valence-corrected chi connectivity index (χ4v) is 3.93. The molecule has 1 aliphatic heterocycles. The second-order valence-electron chi connectivity index (χ2n) is 6.13. The van der Waals surface area contributed by atoms with E-state index in [0.717, 1.165) is 42.0 Å². The highest BCUT2D eigenvalue weighted by Gasteiger charge is 2.20. The number of hydrogen-bond acceptors (Lipinski definition) is 4. The first kappa shape index (κ1) is 20.0. The molecule has 0 saturated carbocycles. The molecule has 6 heteroatoms. The molecule has 0 unspecified atom stereocenters. The van der Waals surface area contributed by atoms with Gasteiger partial charge in [-0.1, -0.05) is 28.1 Å². The van der Waals surface area contributed by atoms with Gasteiger partial charge in [-0.15, -0.1) is 0 Å². The van der Waals surface area contributed by atoms with Gasteiger partial charge in [0.25, 0.3) is 0 Å². The standard InChI is InChI=1S/C21H23BrN2O2S/c1-2-26-19-8-3-17(4-9-19)5-12-21(25)23-13-15-24(16-14-23)27-20-10-6-18(22)7-11-20/h3-12H,2,13-16H2,1H3/b12-5+. The van der Waals surface area contributed by atoms with Gasteiger partial charge in [-0.2, -0.15) is 0 Å². The van der Waals surface area contributed by atoms with E-state index in [1.807, 2.05) is 54.3 Å². The number of benzene rings is 2. The van der Waals surface area contributed by atoms with Crippen LogP contribution in [0.5, 0.6) is 5.75 Å². The summed E-state index contributed by atoms with van der Waals surface area (Å²) in [5.41, 5.74) is 0.997. The maximum Gasteiger partial charge on any atom is 0.246 e. The lowest BCUT2D eigenvalue weighted by molar-refractivity contribution is -0.127. The summed E-state index contributed by atoms with van der Waals surface area (Å²) in [6.45, 7) is 5.84. The number of amides is 1. The quantitative estimate of drug-likeness (QED) is 0.474. The molecule has 0 aromatic heterocycles. The van der Waals surface area contributed by atoms with Gasteiger partial charge in [0.2, 0.25) is 5.91 Å². The Morgan fingerprint density at radius 3 is 2.37 bits per heavy atom. The van der Waals surface area contributed by atoms with Gasteiger partial charge in [0.15, 0.2) is 0 Å². The van der Waals surface area contributed by atoms with Crippen LogP contribution in [-0.4, -0.2) is 47.9 Å². The van der Waals surface area contributed by atoms with E-state index in [1.165, 1.54) is 4.90 Å². The minimum Gasteiger partial charge on any atom is -0.494 e. The van der Waals surface area contributed by atoms with E-state index in [0.29, 0.717) is 6.61 Å². The first-order chi connectivity index (χ1) is 13.1. The average molecular weight is 447 g/mol. The lowest BCUT2D eigenvalue weighted by Crippen LogP contribution is -2.45. The Hall–Kier alpha value is -1.76. The third-order valence-electron chi connectivity index (χ3n) is 4.21. The largest absolute Gasteiger partial charge is 0.494 e. The zero-order valence-electron chi connectivity index (χ0n) is 15.3. The molecule has 27 heavy (non-hydrogen) atoms. The van der Waals surface area contributed by atoms with E-state index in [2.05, 4.69) is 32.4 Å². The molecule has 1 aliphatic rings. The number of piperazine rings is 1. The highest BCUT2D eigenvalue weighted by Crippen LogP contribution is 2.25. The molecule has 1 amide bonds. The van der Waals surface area contributed by atoms with E-state index < -0.39 is 0 Å². The summed E-state index contributed by atoms with van der Waals surface area (Å²) < 4.78 is 8.83. The minimum atomic E-state index is 0.0668. The van der Waals surface area contributed by atoms with Crippen LogP contribution in [0.4, 0.5) is 0 Å². The average Bonchev–Trinajstić information content (AvgIpc) is 2.70. The number of carbonyl (C=O) groups excluding carboxylic acids is 1. The number of hydrogen-bond donors (Lipinski definition) is 0. The molecule has 2 aromatic carbocycles. The molecule has 1 saturated heterocycles. The van der Waals surface area contributed by atoms with E-state index >= 15 is 0 Å². The van der Waals surface area contributed by atoms with E-state index in [1.54, 1.807) is 18.0 Å². The van der Waals surface area contributed by atoms with E-state index in [-0.39, 0.29) is 5.91 Å². The van der Waals surface area contributed by atoms with Gasteiger partial charge in [0.1, 0.15) is 5.75 Å². The second kappa shape index (κ2) is 9.97. The summed E-state index contributed by atoms with van der Waals surface area (Å²) in [6, 6.07) is 16.1. The molecule has 2 aromatic rings. The predicted octanol–water partition coefficient (Wildman–Crippen LogP) is 4.71. The van der Waals surface area contributed by atoms with E-state index in [4.69, 9.17) is 4.74 Å². The fraction of sp³-hybridized carbons (Fsp3) is 0.286. The smallest absolute Gasteiger partial charge is 0.246 e. The van der Waals surface area contributed by atoms with Gasteiger partial charge >= 0.3 is 0 Å². The molecule has 0 bridgehead atoms. The molecule has 0 N–H and O–H groups in total. The van der Waals surface area contributed by atoms with Crippen LogP contribution in [0.3, 0.4) is 0 Å². The summed E-state index contributed by atoms with van der Waals surface area (Å²) in [5, 5.41) is 0. The van der Waals surface area contributed by atoms with Crippen molar-refractivity contribution in [3.8, 4) is 5.75 Å². The van der Waals surface area contributed by atoms with Crippen molar-refractivity contribution in [1.29, 1.82) is 0 Å². The maximum atomic E-state index is 12.4. The molecule has 0 aliphatic carbocycles. The van der Waals surface area contributed by atoms with Gasteiger partial charge < -0.3 is 9.64 Å². The summed E-state index contributed by atoms with van der Waals surface area (Å²) in [7, 11) is 0. The number of carbonyl (C=O) groups is 1. The Bertz CT molecular complexity index is 770. The number of halogens is 1. The molecule has 3 rings (SSSR count). The fourth-order valence-electron chi connectivity index (χ4n) is 2.76. The Kier molecular flexibility index (Phi) is 7.38. The van der Waals surface area contributed by atoms with Crippen molar-refractivity contribution in [3.63, 3.8) is 0 Å². The van der Waals surface area contributed by atoms with Crippen molar-refractivity contribution in [2.75, 3.05) is 32.8 Å². The van der Waals surface area contributed by atoms with Crippen LogP contribution in [0.2, 0.25) is 0 Å². The van der Waals surface area contributed by atoms with Crippen molar-refractivity contribution in [3.05, 3.63) is 64.6 Å². The highest BCUT2D eigenvalue weighted by molar-refractivity contribution is 9.10. The Morgan fingerprint density at radius 2 is 1.74 bits per heavy atom. The van der Waals surface area contributed by atoms with Gasteiger partial charge in [-0.3, -0.25) is 4.79 Å². The molecular weight excluding hydrogens is 424 g/mol. The topological polar surface area (TPSA) is 32.8 Å². The van der Waals surface area contributed by atoms with Crippen LogP contribution in [0, 0.1) is 0 Å². The van der Waals surface area contributed by atoms with Crippen LogP contribution >= 0.6 is 27.9 Å². The van der Waals surface area contributed by atoms with E-state index in [9.17, 15) is 4.79 Å². The zero-order valence-corrected chi connectivity index (χ0v) is 17.7. The first-order valence-corrected chi connectivity index (χ1v) is 10.6. The molecule has 0 spiro atoms. The SMILES string of the molecule is CCOc1ccc(/C=C/C(=O)N2CCN(Sc3ccc(Br)cc3)CC2)cc1. The van der Waals surface area contributed by atoms with Crippen molar-refractivity contribution >= 4 is 39.9 Å². The number of nitrogens with zero attached hydrogens (tertiary/aromatic N) is 2. The van der Waals surface area contributed by atoms with Crippen molar-refractivity contribution in [1.82, 2.24) is 9.21 Å². The van der Waals surface area contributed by atoms with Crippen LogP contribution in [0.1, 0.15) is 12.5 Å². The maximum absolute atomic E-state index is 12.4. The first-order valence-electron chi connectivity index (χ1n) is 9.02. The van der Waals surface area contributed by atoms with Crippen molar-refractivity contribution in [2.45, 2.75) is 11.8 Å². The van der Waals surface area contributed by atoms with Gasteiger partial charge in [0, 0.05) is 41.6 Å². The monoisotopic (exact) mass is 446 g/mol. The van der Waals surface area contributed by atoms with Crippen LogP contribution < -0.4 is 4.74 Å². The van der Waals surface area contributed by atoms with Gasteiger partial charge in [-0.05, 0) is 66.9 Å². The van der Waals surface area contributed by atoms with Crippen molar-refractivity contribution < 1.29 is 9.53 Å². The molecule has 142 valence electrons. The van der Waals surface area contributed by atoms with Gasteiger partial charge in [0.05, 0.1) is 6.61 Å². The summed E-state index contributed by atoms with van der Waals surface area (Å²) in [5.74, 6) is 0.914. The van der Waals surface area contributed by atoms with Gasteiger partial charge in [-0.25, -0.2) is 4.31 Å². The number of ether oxygens (including phenoxy) is 1.